The zero-order valence-corrected chi connectivity index (χ0v) is 14.3. The molecule has 0 aromatic heterocycles. The fourth-order valence-electron chi connectivity index (χ4n) is 2.98. The van der Waals surface area contributed by atoms with Crippen molar-refractivity contribution in [2.45, 2.75) is 19.8 Å². The number of hydrogen-bond donors (Lipinski definition) is 1. The van der Waals surface area contributed by atoms with Crippen LogP contribution in [0.5, 0.6) is 11.5 Å². The Morgan fingerprint density at radius 2 is 2.09 bits per heavy atom. The highest BCUT2D eigenvalue weighted by Crippen LogP contribution is 2.38. The van der Waals surface area contributed by atoms with E-state index < -0.39 is 0 Å². The van der Waals surface area contributed by atoms with Gasteiger partial charge in [-0.3, -0.25) is 9.69 Å². The van der Waals surface area contributed by atoms with Crippen molar-refractivity contribution in [2.24, 2.45) is 5.92 Å². The van der Waals surface area contributed by atoms with Crippen molar-refractivity contribution in [2.75, 3.05) is 38.2 Å². The molecule has 0 bridgehead atoms. The highest BCUT2D eigenvalue weighted by Gasteiger charge is 2.20. The molecule has 120 valence electrons. The van der Waals surface area contributed by atoms with Gasteiger partial charge in [-0.15, -0.1) is 0 Å². The fourth-order valence-corrected chi connectivity index (χ4v) is 3.40. The highest BCUT2D eigenvalue weighted by atomic mass is 79.9. The zero-order chi connectivity index (χ0) is 15.5. The quantitative estimate of drug-likeness (QED) is 0.890. The van der Waals surface area contributed by atoms with Gasteiger partial charge in [0.1, 0.15) is 13.2 Å². The van der Waals surface area contributed by atoms with Crippen LogP contribution in [0.15, 0.2) is 16.6 Å². The van der Waals surface area contributed by atoms with Crippen LogP contribution >= 0.6 is 15.9 Å². The second kappa shape index (κ2) is 6.87. The number of nitrogens with one attached hydrogen (secondary N) is 1. The summed E-state index contributed by atoms with van der Waals surface area (Å²) in [5, 5.41) is 2.96. The number of benzene rings is 1. The molecule has 0 aliphatic carbocycles. The number of fused-ring (bicyclic) bond motifs is 1. The molecule has 1 amide bonds. The van der Waals surface area contributed by atoms with Gasteiger partial charge in [-0.25, -0.2) is 0 Å². The molecule has 1 N–H and O–H groups in total. The Kier molecular flexibility index (Phi) is 4.88. The van der Waals surface area contributed by atoms with E-state index >= 15 is 0 Å². The van der Waals surface area contributed by atoms with Crippen LogP contribution in [0.1, 0.15) is 19.8 Å². The first kappa shape index (κ1) is 15.6. The first-order valence-electron chi connectivity index (χ1n) is 7.73. The number of halogens is 1. The predicted molar refractivity (Wildman–Crippen MR) is 88.6 cm³/mol. The van der Waals surface area contributed by atoms with Gasteiger partial charge < -0.3 is 14.8 Å². The van der Waals surface area contributed by atoms with E-state index in [0.29, 0.717) is 37.2 Å². The van der Waals surface area contributed by atoms with E-state index in [0.717, 1.165) is 23.2 Å². The molecule has 0 unspecified atom stereocenters. The molecule has 0 saturated carbocycles. The third-order valence-electron chi connectivity index (χ3n) is 4.01. The van der Waals surface area contributed by atoms with E-state index in [1.807, 2.05) is 12.1 Å². The third-order valence-corrected chi connectivity index (χ3v) is 4.67. The molecule has 0 spiro atoms. The summed E-state index contributed by atoms with van der Waals surface area (Å²) in [5.41, 5.74) is 0.722. The zero-order valence-electron chi connectivity index (χ0n) is 12.7. The van der Waals surface area contributed by atoms with Gasteiger partial charge in [0.05, 0.1) is 12.2 Å². The molecule has 1 aromatic rings. The topological polar surface area (TPSA) is 50.8 Å². The number of nitrogens with zero attached hydrogens (tertiary/aromatic N) is 1. The SMILES string of the molecule is C[C@H]1CCCN(CC(=O)Nc2cc3c(cc2Br)OCCO3)C1. The largest absolute Gasteiger partial charge is 0.486 e. The molecule has 2 heterocycles. The molecule has 2 aliphatic rings. The number of piperidine rings is 1. The molecule has 1 saturated heterocycles. The van der Waals surface area contributed by atoms with E-state index in [4.69, 9.17) is 9.47 Å². The molecular formula is C16H21BrN2O3. The molecular weight excluding hydrogens is 348 g/mol. The maximum Gasteiger partial charge on any atom is 0.238 e. The summed E-state index contributed by atoms with van der Waals surface area (Å²) in [6, 6.07) is 3.66. The molecule has 1 aromatic carbocycles. The van der Waals surface area contributed by atoms with E-state index in [1.165, 1.54) is 12.8 Å². The van der Waals surface area contributed by atoms with Gasteiger partial charge in [0.15, 0.2) is 11.5 Å². The van der Waals surface area contributed by atoms with Crippen LogP contribution in [0.3, 0.4) is 0 Å². The second-order valence-corrected chi connectivity index (χ2v) is 6.86. The maximum atomic E-state index is 12.3. The smallest absolute Gasteiger partial charge is 0.238 e. The van der Waals surface area contributed by atoms with Crippen molar-refractivity contribution in [3.8, 4) is 11.5 Å². The molecule has 2 aliphatic heterocycles. The van der Waals surface area contributed by atoms with Crippen LogP contribution in [0.25, 0.3) is 0 Å². The molecule has 22 heavy (non-hydrogen) atoms. The molecule has 0 radical (unpaired) electrons. The van der Waals surface area contributed by atoms with Crippen LogP contribution in [0.4, 0.5) is 5.69 Å². The lowest BCUT2D eigenvalue weighted by atomic mass is 10.0. The predicted octanol–water partition coefficient (Wildman–Crippen LogP) is 2.89. The highest BCUT2D eigenvalue weighted by molar-refractivity contribution is 9.10. The van der Waals surface area contributed by atoms with Crippen LogP contribution in [0, 0.1) is 5.92 Å². The monoisotopic (exact) mass is 368 g/mol. The minimum atomic E-state index is 0.00600. The van der Waals surface area contributed by atoms with E-state index in [9.17, 15) is 4.79 Å². The lowest BCUT2D eigenvalue weighted by molar-refractivity contribution is -0.117. The summed E-state index contributed by atoms with van der Waals surface area (Å²) in [4.78, 5) is 14.5. The second-order valence-electron chi connectivity index (χ2n) is 6.01. The van der Waals surface area contributed by atoms with Gasteiger partial charge in [0.2, 0.25) is 5.91 Å². The van der Waals surface area contributed by atoms with Gasteiger partial charge >= 0.3 is 0 Å². The van der Waals surface area contributed by atoms with Gasteiger partial charge in [-0.05, 0) is 41.2 Å². The normalized spacial score (nSPS) is 21.5. The maximum absolute atomic E-state index is 12.3. The summed E-state index contributed by atoms with van der Waals surface area (Å²) in [7, 11) is 0. The van der Waals surface area contributed by atoms with E-state index in [1.54, 1.807) is 0 Å². The van der Waals surface area contributed by atoms with Crippen molar-refractivity contribution in [1.29, 1.82) is 0 Å². The number of hydrogen-bond acceptors (Lipinski definition) is 4. The molecule has 1 fully saturated rings. The minimum Gasteiger partial charge on any atom is -0.486 e. The van der Waals surface area contributed by atoms with E-state index in [-0.39, 0.29) is 5.91 Å². The van der Waals surface area contributed by atoms with Gasteiger partial charge in [0.25, 0.3) is 0 Å². The van der Waals surface area contributed by atoms with Crippen LogP contribution in [0.2, 0.25) is 0 Å². The van der Waals surface area contributed by atoms with Crippen molar-refractivity contribution in [3.63, 3.8) is 0 Å². The number of carbonyl (C=O) groups excluding carboxylic acids is 1. The average Bonchev–Trinajstić information content (AvgIpc) is 2.48. The van der Waals surface area contributed by atoms with Crippen LogP contribution < -0.4 is 14.8 Å². The summed E-state index contributed by atoms with van der Waals surface area (Å²) >= 11 is 3.47. The Bertz CT molecular complexity index is 565. The number of rotatable bonds is 3. The Balaban J connectivity index is 1.63. The summed E-state index contributed by atoms with van der Waals surface area (Å²) in [6.07, 6.45) is 2.42. The molecule has 5 nitrogen and oxygen atoms in total. The number of likely N-dealkylation sites (tertiary alicyclic amines) is 1. The van der Waals surface area contributed by atoms with Gasteiger partial charge in [-0.1, -0.05) is 6.92 Å². The summed E-state index contributed by atoms with van der Waals surface area (Å²) < 4.78 is 11.9. The van der Waals surface area contributed by atoms with Gasteiger partial charge in [-0.2, -0.15) is 0 Å². The standard InChI is InChI=1S/C16H21BrN2O3/c1-11-3-2-4-19(9-11)10-16(20)18-13-8-15-14(7-12(13)17)21-5-6-22-15/h7-8,11H,2-6,9-10H2,1H3,(H,18,20)/t11-/m0/s1. The lowest BCUT2D eigenvalue weighted by Crippen LogP contribution is -2.39. The first-order chi connectivity index (χ1) is 10.6. The fraction of sp³-hybridized carbons (Fsp3) is 0.562. The van der Waals surface area contributed by atoms with Crippen molar-refractivity contribution < 1.29 is 14.3 Å². The Labute approximate surface area is 139 Å². The Hall–Kier alpha value is -1.27. The average molecular weight is 369 g/mol. The van der Waals surface area contributed by atoms with E-state index in [2.05, 4.69) is 33.1 Å². The van der Waals surface area contributed by atoms with Gasteiger partial charge in [0, 0.05) is 23.2 Å². The van der Waals surface area contributed by atoms with Crippen molar-refractivity contribution in [3.05, 3.63) is 16.6 Å². The molecule has 3 rings (SSSR count). The molecule has 6 heteroatoms. The van der Waals surface area contributed by atoms with Crippen LogP contribution in [-0.2, 0) is 4.79 Å². The van der Waals surface area contributed by atoms with Crippen LogP contribution in [-0.4, -0.2) is 43.7 Å². The van der Waals surface area contributed by atoms with Crippen molar-refractivity contribution in [1.82, 2.24) is 4.90 Å². The number of amides is 1. The Morgan fingerprint density at radius 1 is 1.36 bits per heavy atom. The first-order valence-corrected chi connectivity index (χ1v) is 8.52. The Morgan fingerprint density at radius 3 is 2.82 bits per heavy atom. The third kappa shape index (κ3) is 3.73. The molecule has 1 atom stereocenters. The lowest BCUT2D eigenvalue weighted by Gasteiger charge is -2.30. The summed E-state index contributed by atoms with van der Waals surface area (Å²) in [6.45, 7) is 5.76. The number of ether oxygens (including phenoxy) is 2. The number of anilines is 1. The van der Waals surface area contributed by atoms with Crippen molar-refractivity contribution >= 4 is 27.5 Å². The summed E-state index contributed by atoms with van der Waals surface area (Å²) in [5.74, 6) is 2.06. The number of carbonyl (C=O) groups is 1. The minimum absolute atomic E-state index is 0.00600.